The molecule has 31 heavy (non-hydrogen) atoms. The van der Waals surface area contributed by atoms with Gasteiger partial charge < -0.3 is 14.1 Å². The summed E-state index contributed by atoms with van der Waals surface area (Å²) in [6.45, 7) is 8.78. The lowest BCUT2D eigenvalue weighted by molar-refractivity contribution is -0.108. The Kier molecular flexibility index (Phi) is 6.12. The molecule has 2 heterocycles. The summed E-state index contributed by atoms with van der Waals surface area (Å²) < 4.78 is 34.7. The summed E-state index contributed by atoms with van der Waals surface area (Å²) in [6.07, 6.45) is 4.84. The Morgan fingerprint density at radius 1 is 1.13 bits per heavy atom. The van der Waals surface area contributed by atoms with E-state index in [0.717, 1.165) is 43.2 Å². The number of carbonyl (C=O) groups is 1. The van der Waals surface area contributed by atoms with Crippen molar-refractivity contribution in [1.29, 1.82) is 0 Å². The predicted molar refractivity (Wildman–Crippen MR) is 120 cm³/mol. The lowest BCUT2D eigenvalue weighted by Gasteiger charge is -2.31. The molecule has 2 aromatic rings. The second-order valence-electron chi connectivity index (χ2n) is 9.44. The lowest BCUT2D eigenvalue weighted by Crippen LogP contribution is -2.40. The molecular formula is C24H32N2O4S. The highest BCUT2D eigenvalue weighted by Crippen LogP contribution is 2.39. The van der Waals surface area contributed by atoms with Gasteiger partial charge in [0.05, 0.1) is 24.7 Å². The minimum Gasteiger partial charge on any atom is -0.379 e. The van der Waals surface area contributed by atoms with Crippen LogP contribution in [-0.2, 0) is 45.4 Å². The molecule has 2 aliphatic rings. The number of nitrogens with zero attached hydrogens (tertiary/aromatic N) is 2. The maximum Gasteiger partial charge on any atom is 0.243 e. The molecular weight excluding hydrogens is 412 g/mol. The topological polar surface area (TPSA) is 68.6 Å². The number of hydrogen-bond acceptors (Lipinski definition) is 4. The number of carbonyl (C=O) groups excluding carboxylic acids is 1. The molecule has 0 amide bonds. The fraction of sp³-hybridized carbons (Fsp3) is 0.542. The molecule has 0 atom stereocenters. The molecule has 1 fully saturated rings. The van der Waals surface area contributed by atoms with Crippen molar-refractivity contribution in [2.24, 2.45) is 5.41 Å². The van der Waals surface area contributed by atoms with Crippen LogP contribution in [0.1, 0.15) is 48.3 Å². The van der Waals surface area contributed by atoms with Crippen molar-refractivity contribution in [1.82, 2.24) is 8.87 Å². The van der Waals surface area contributed by atoms with Crippen LogP contribution < -0.4 is 0 Å². The Balaban J connectivity index is 1.62. The number of aromatic nitrogens is 1. The van der Waals surface area contributed by atoms with Crippen LogP contribution in [0.4, 0.5) is 0 Å². The molecule has 0 unspecified atom stereocenters. The van der Waals surface area contributed by atoms with Gasteiger partial charge in [-0.25, -0.2) is 8.42 Å². The number of morpholine rings is 1. The van der Waals surface area contributed by atoms with Crippen LogP contribution in [0.3, 0.4) is 0 Å². The van der Waals surface area contributed by atoms with Crippen molar-refractivity contribution in [2.75, 3.05) is 26.3 Å². The Bertz CT molecular complexity index is 1060. The maximum atomic E-state index is 12.9. The Hall–Kier alpha value is -1.96. The second-order valence-corrected chi connectivity index (χ2v) is 11.4. The zero-order chi connectivity index (χ0) is 22.2. The predicted octanol–water partition coefficient (Wildman–Crippen LogP) is 3.12. The smallest absolute Gasteiger partial charge is 0.243 e. The highest BCUT2D eigenvalue weighted by molar-refractivity contribution is 7.89. The van der Waals surface area contributed by atoms with Crippen molar-refractivity contribution in [3.05, 3.63) is 52.3 Å². The minimum atomic E-state index is -3.48. The molecule has 1 aliphatic carbocycles. The zero-order valence-electron chi connectivity index (χ0n) is 18.7. The molecule has 1 saturated heterocycles. The van der Waals surface area contributed by atoms with Crippen molar-refractivity contribution < 1.29 is 17.9 Å². The van der Waals surface area contributed by atoms with Gasteiger partial charge in [-0.1, -0.05) is 26.0 Å². The Labute approximate surface area is 185 Å². The van der Waals surface area contributed by atoms with E-state index in [2.05, 4.69) is 25.3 Å². The molecule has 0 radical (unpaired) electrons. The summed E-state index contributed by atoms with van der Waals surface area (Å²) in [4.78, 5) is 11.6. The molecule has 0 spiro atoms. The molecule has 6 nitrogen and oxygen atoms in total. The molecule has 1 aromatic carbocycles. The van der Waals surface area contributed by atoms with Crippen molar-refractivity contribution in [3.8, 4) is 0 Å². The average Bonchev–Trinajstić information content (AvgIpc) is 2.99. The number of aldehydes is 1. The average molecular weight is 445 g/mol. The summed E-state index contributed by atoms with van der Waals surface area (Å²) in [7, 11) is -3.48. The van der Waals surface area contributed by atoms with E-state index in [1.54, 1.807) is 12.1 Å². The van der Waals surface area contributed by atoms with Gasteiger partial charge in [-0.05, 0) is 66.8 Å². The monoisotopic (exact) mass is 444 g/mol. The number of ether oxygens (including phenoxy) is 1. The van der Waals surface area contributed by atoms with Gasteiger partial charge in [0, 0.05) is 24.5 Å². The molecule has 1 aliphatic heterocycles. The highest BCUT2D eigenvalue weighted by atomic mass is 32.2. The fourth-order valence-electron chi connectivity index (χ4n) is 4.91. The van der Waals surface area contributed by atoms with Gasteiger partial charge in [-0.2, -0.15) is 4.31 Å². The van der Waals surface area contributed by atoms with Crippen molar-refractivity contribution in [3.63, 3.8) is 0 Å². The highest BCUT2D eigenvalue weighted by Gasteiger charge is 2.31. The molecule has 0 bridgehead atoms. The quantitative estimate of drug-likeness (QED) is 0.642. The van der Waals surface area contributed by atoms with E-state index in [4.69, 9.17) is 4.74 Å². The molecule has 1 aromatic heterocycles. The van der Waals surface area contributed by atoms with Crippen LogP contribution >= 0.6 is 0 Å². The number of benzene rings is 1. The Morgan fingerprint density at radius 3 is 2.45 bits per heavy atom. The van der Waals surface area contributed by atoms with Crippen LogP contribution in [0.2, 0.25) is 0 Å². The lowest BCUT2D eigenvalue weighted by atomic mass is 9.75. The van der Waals surface area contributed by atoms with Gasteiger partial charge in [0.15, 0.2) is 0 Å². The van der Waals surface area contributed by atoms with Crippen LogP contribution in [0.25, 0.3) is 0 Å². The van der Waals surface area contributed by atoms with Gasteiger partial charge >= 0.3 is 0 Å². The summed E-state index contributed by atoms with van der Waals surface area (Å²) in [5.41, 5.74) is 6.44. The van der Waals surface area contributed by atoms with E-state index in [9.17, 15) is 13.2 Å². The first-order chi connectivity index (χ1) is 14.7. The summed E-state index contributed by atoms with van der Waals surface area (Å²) in [5.74, 6) is 0. The van der Waals surface area contributed by atoms with E-state index < -0.39 is 10.0 Å². The molecule has 0 N–H and O–H groups in total. The molecule has 4 rings (SSSR count). The summed E-state index contributed by atoms with van der Waals surface area (Å²) in [6, 6.07) is 7.27. The van der Waals surface area contributed by atoms with E-state index >= 15 is 0 Å². The number of sulfonamides is 1. The zero-order valence-corrected chi connectivity index (χ0v) is 19.5. The fourth-order valence-corrected chi connectivity index (χ4v) is 6.32. The van der Waals surface area contributed by atoms with Gasteiger partial charge in [-0.3, -0.25) is 0 Å². The normalized spacial score (nSPS) is 19.2. The van der Waals surface area contributed by atoms with Gasteiger partial charge in [-0.15, -0.1) is 0 Å². The second kappa shape index (κ2) is 8.52. The summed E-state index contributed by atoms with van der Waals surface area (Å²) in [5, 5.41) is 0. The largest absolute Gasteiger partial charge is 0.379 e. The molecule has 168 valence electrons. The Morgan fingerprint density at radius 2 is 1.81 bits per heavy atom. The number of rotatable bonds is 6. The van der Waals surface area contributed by atoms with Crippen LogP contribution in [-0.4, -0.2) is 49.9 Å². The first-order valence-corrected chi connectivity index (χ1v) is 12.5. The maximum absolute atomic E-state index is 12.9. The SMILES string of the molecule is Cc1c(Cc2ccc(S(=O)(=O)N3CCOCC3)cc2)c2c(n1CC=O)CCC(C)(C)C2. The van der Waals surface area contributed by atoms with E-state index in [-0.39, 0.29) is 5.41 Å². The third kappa shape index (κ3) is 4.36. The minimum absolute atomic E-state index is 0.248. The molecule has 7 heteroatoms. The summed E-state index contributed by atoms with van der Waals surface area (Å²) >= 11 is 0. The number of fused-ring (bicyclic) bond motifs is 1. The van der Waals surface area contributed by atoms with Gasteiger partial charge in [0.25, 0.3) is 0 Å². The van der Waals surface area contributed by atoms with E-state index in [0.29, 0.717) is 37.7 Å². The van der Waals surface area contributed by atoms with Crippen LogP contribution in [0.5, 0.6) is 0 Å². The van der Waals surface area contributed by atoms with Gasteiger partial charge in [0.1, 0.15) is 6.29 Å². The molecule has 0 saturated carbocycles. The standard InChI is InChI=1S/C24H32N2O4S/c1-18-21(22-17-24(2,3)9-8-23(22)26(18)10-13-27)16-19-4-6-20(7-5-19)31(28,29)25-11-14-30-15-12-25/h4-7,13H,8-12,14-17H2,1-3H3. The van der Waals surface area contributed by atoms with Crippen LogP contribution in [0.15, 0.2) is 29.2 Å². The van der Waals surface area contributed by atoms with Gasteiger partial charge in [0.2, 0.25) is 10.0 Å². The first kappa shape index (κ1) is 22.2. The third-order valence-electron chi connectivity index (χ3n) is 6.74. The van der Waals surface area contributed by atoms with E-state index in [1.807, 2.05) is 12.1 Å². The van der Waals surface area contributed by atoms with Crippen LogP contribution in [0, 0.1) is 12.3 Å². The van der Waals surface area contributed by atoms with Crippen molar-refractivity contribution in [2.45, 2.75) is 57.9 Å². The van der Waals surface area contributed by atoms with E-state index in [1.165, 1.54) is 21.1 Å². The van der Waals surface area contributed by atoms with Crippen molar-refractivity contribution >= 4 is 16.3 Å². The number of hydrogen-bond donors (Lipinski definition) is 0. The third-order valence-corrected chi connectivity index (χ3v) is 8.66. The first-order valence-electron chi connectivity index (χ1n) is 11.0.